The largest absolute Gasteiger partial charge is 0.465 e. The Balaban J connectivity index is 3.34. The highest BCUT2D eigenvalue weighted by atomic mass is 16.5. The number of urea groups is 1. The van der Waals surface area contributed by atoms with Gasteiger partial charge in [0.2, 0.25) is 0 Å². The van der Waals surface area contributed by atoms with Crippen LogP contribution in [0.25, 0.3) is 0 Å². The van der Waals surface area contributed by atoms with Crippen LogP contribution in [0.2, 0.25) is 0 Å². The molecule has 2 N–H and O–H groups in total. The number of carbonyl (C=O) groups excluding carboxylic acids is 2. The van der Waals surface area contributed by atoms with E-state index in [9.17, 15) is 9.59 Å². The van der Waals surface area contributed by atoms with E-state index in [-0.39, 0.29) is 6.54 Å². The van der Waals surface area contributed by atoms with Gasteiger partial charge in [-0.3, -0.25) is 4.79 Å². The van der Waals surface area contributed by atoms with Gasteiger partial charge in [0.1, 0.15) is 6.54 Å². The zero-order valence-corrected chi connectivity index (χ0v) is 10.2. The Morgan fingerprint density at radius 2 is 2.06 bits per heavy atom. The summed E-state index contributed by atoms with van der Waals surface area (Å²) in [5.74, 6) is -0.454. The molecule has 0 aliphatic rings. The van der Waals surface area contributed by atoms with Crippen LogP contribution in [0, 0.1) is 0 Å². The van der Waals surface area contributed by atoms with Crippen molar-refractivity contribution in [2.24, 2.45) is 0 Å². The number of carbonyl (C=O) groups is 2. The predicted molar refractivity (Wildman–Crippen MR) is 63.7 cm³/mol. The number of hydrogen-bond acceptors (Lipinski definition) is 4. The van der Waals surface area contributed by atoms with Gasteiger partial charge in [0.15, 0.2) is 0 Å². The molecule has 0 atom stereocenters. The molecule has 0 aliphatic heterocycles. The smallest absolute Gasteiger partial charge is 0.325 e. The van der Waals surface area contributed by atoms with Crippen molar-refractivity contribution in [3.8, 4) is 0 Å². The number of nitrogens with one attached hydrogen (secondary N) is 2. The van der Waals surface area contributed by atoms with Gasteiger partial charge in [0.05, 0.1) is 19.8 Å². The fourth-order valence-electron chi connectivity index (χ4n) is 0.932. The van der Waals surface area contributed by atoms with Crippen LogP contribution < -0.4 is 10.6 Å². The molecule has 0 rings (SSSR count). The van der Waals surface area contributed by atoms with Gasteiger partial charge in [0.25, 0.3) is 0 Å². The highest BCUT2D eigenvalue weighted by molar-refractivity contribution is 5.80. The maximum Gasteiger partial charge on any atom is 0.325 e. The number of hydrogen-bond donors (Lipinski definition) is 2. The summed E-state index contributed by atoms with van der Waals surface area (Å²) >= 11 is 0. The van der Waals surface area contributed by atoms with Crippen molar-refractivity contribution in [2.75, 3.05) is 32.9 Å². The lowest BCUT2D eigenvalue weighted by Gasteiger charge is -2.07. The summed E-state index contributed by atoms with van der Waals surface area (Å²) in [6.07, 6.45) is 2.55. The van der Waals surface area contributed by atoms with Crippen LogP contribution in [0.15, 0.2) is 12.7 Å². The van der Waals surface area contributed by atoms with Crippen LogP contribution in [0.3, 0.4) is 0 Å². The standard InChI is InChI=1S/C11H20N2O4/c1-3-5-7-16-8-6-12-11(15)13-9-10(14)17-4-2/h3H,1,4-9H2,2H3,(H2,12,13,15). The Morgan fingerprint density at radius 3 is 2.71 bits per heavy atom. The summed E-state index contributed by atoms with van der Waals surface area (Å²) < 4.78 is 9.83. The van der Waals surface area contributed by atoms with E-state index >= 15 is 0 Å². The molecule has 6 nitrogen and oxygen atoms in total. The highest BCUT2D eigenvalue weighted by Crippen LogP contribution is 1.81. The lowest BCUT2D eigenvalue weighted by molar-refractivity contribution is -0.141. The molecular weight excluding hydrogens is 224 g/mol. The Labute approximate surface area is 101 Å². The van der Waals surface area contributed by atoms with Gasteiger partial charge in [-0.2, -0.15) is 0 Å². The van der Waals surface area contributed by atoms with Crippen molar-refractivity contribution in [1.29, 1.82) is 0 Å². The molecule has 0 aromatic carbocycles. The Kier molecular flexibility index (Phi) is 9.94. The van der Waals surface area contributed by atoms with Crippen molar-refractivity contribution in [1.82, 2.24) is 10.6 Å². The van der Waals surface area contributed by atoms with Crippen LogP contribution in [0.1, 0.15) is 13.3 Å². The molecule has 0 fully saturated rings. The third-order valence-corrected chi connectivity index (χ3v) is 1.70. The van der Waals surface area contributed by atoms with Crippen LogP contribution in [0.5, 0.6) is 0 Å². The molecule has 0 aliphatic carbocycles. The Bertz CT molecular complexity index is 244. The average Bonchev–Trinajstić information content (AvgIpc) is 2.31. The summed E-state index contributed by atoms with van der Waals surface area (Å²) in [5, 5.41) is 4.92. The summed E-state index contributed by atoms with van der Waals surface area (Å²) in [4.78, 5) is 22.0. The topological polar surface area (TPSA) is 76.7 Å². The van der Waals surface area contributed by atoms with Crippen LogP contribution in [-0.4, -0.2) is 44.9 Å². The molecule has 0 unspecified atom stereocenters. The van der Waals surface area contributed by atoms with E-state index in [1.807, 2.05) is 0 Å². The Morgan fingerprint density at radius 1 is 1.29 bits per heavy atom. The number of ether oxygens (including phenoxy) is 2. The molecule has 17 heavy (non-hydrogen) atoms. The molecule has 0 aromatic heterocycles. The van der Waals surface area contributed by atoms with Gasteiger partial charge >= 0.3 is 12.0 Å². The highest BCUT2D eigenvalue weighted by Gasteiger charge is 2.04. The van der Waals surface area contributed by atoms with Gasteiger partial charge in [0, 0.05) is 6.54 Å². The molecule has 0 radical (unpaired) electrons. The van der Waals surface area contributed by atoms with Crippen molar-refractivity contribution in [3.05, 3.63) is 12.7 Å². The molecule has 0 saturated carbocycles. The lowest BCUT2D eigenvalue weighted by atomic mass is 10.4. The second kappa shape index (κ2) is 10.9. The lowest BCUT2D eigenvalue weighted by Crippen LogP contribution is -2.40. The van der Waals surface area contributed by atoms with Gasteiger partial charge in [-0.25, -0.2) is 4.79 Å². The minimum Gasteiger partial charge on any atom is -0.465 e. The van der Waals surface area contributed by atoms with Crippen LogP contribution in [0.4, 0.5) is 4.79 Å². The SMILES string of the molecule is C=CCCOCCNC(=O)NCC(=O)OCC. The first kappa shape index (κ1) is 15.4. The van der Waals surface area contributed by atoms with Crippen molar-refractivity contribution in [3.63, 3.8) is 0 Å². The molecule has 98 valence electrons. The summed E-state index contributed by atoms with van der Waals surface area (Å²) in [7, 11) is 0. The van der Waals surface area contributed by atoms with E-state index in [1.54, 1.807) is 13.0 Å². The first-order valence-electron chi connectivity index (χ1n) is 5.56. The minimum absolute atomic E-state index is 0.128. The predicted octanol–water partition coefficient (Wildman–Crippen LogP) is 0.441. The van der Waals surface area contributed by atoms with Crippen molar-refractivity contribution in [2.45, 2.75) is 13.3 Å². The van der Waals surface area contributed by atoms with Gasteiger partial charge in [-0.05, 0) is 13.3 Å². The zero-order chi connectivity index (χ0) is 12.9. The average molecular weight is 244 g/mol. The molecular formula is C11H20N2O4. The summed E-state index contributed by atoms with van der Waals surface area (Å²) in [6, 6.07) is -0.412. The van der Waals surface area contributed by atoms with E-state index in [2.05, 4.69) is 21.9 Å². The monoisotopic (exact) mass is 244 g/mol. The fraction of sp³-hybridized carbons (Fsp3) is 0.636. The van der Waals surface area contributed by atoms with Crippen LogP contribution in [-0.2, 0) is 14.3 Å². The van der Waals surface area contributed by atoms with Crippen LogP contribution >= 0.6 is 0 Å². The number of esters is 1. The van der Waals surface area contributed by atoms with E-state index in [4.69, 9.17) is 4.74 Å². The molecule has 2 amide bonds. The van der Waals surface area contributed by atoms with Gasteiger partial charge in [-0.1, -0.05) is 6.08 Å². The third-order valence-electron chi connectivity index (χ3n) is 1.70. The molecule has 0 heterocycles. The van der Waals surface area contributed by atoms with E-state index in [0.29, 0.717) is 26.4 Å². The van der Waals surface area contributed by atoms with Gasteiger partial charge in [-0.15, -0.1) is 6.58 Å². The van der Waals surface area contributed by atoms with E-state index in [0.717, 1.165) is 6.42 Å². The maximum absolute atomic E-state index is 11.1. The summed E-state index contributed by atoms with van der Waals surface area (Å²) in [6.45, 7) is 6.86. The van der Waals surface area contributed by atoms with Crippen molar-refractivity contribution < 1.29 is 19.1 Å². The molecule has 0 spiro atoms. The fourth-order valence-corrected chi connectivity index (χ4v) is 0.932. The second-order valence-electron chi connectivity index (χ2n) is 3.10. The second-order valence-corrected chi connectivity index (χ2v) is 3.10. The third kappa shape index (κ3) is 10.7. The van der Waals surface area contributed by atoms with E-state index < -0.39 is 12.0 Å². The number of amides is 2. The minimum atomic E-state index is -0.454. The quantitative estimate of drug-likeness (QED) is 0.350. The zero-order valence-electron chi connectivity index (χ0n) is 10.2. The normalized spacial score (nSPS) is 9.47. The van der Waals surface area contributed by atoms with Crippen molar-refractivity contribution >= 4 is 12.0 Å². The maximum atomic E-state index is 11.1. The van der Waals surface area contributed by atoms with Gasteiger partial charge < -0.3 is 20.1 Å². The van der Waals surface area contributed by atoms with E-state index in [1.165, 1.54) is 0 Å². The number of rotatable bonds is 9. The molecule has 6 heteroatoms. The summed E-state index contributed by atoms with van der Waals surface area (Å²) in [5.41, 5.74) is 0. The first-order valence-corrected chi connectivity index (χ1v) is 5.56. The first-order chi connectivity index (χ1) is 8.20. The molecule has 0 aromatic rings. The Hall–Kier alpha value is -1.56. The molecule has 0 saturated heterocycles. The molecule has 0 bridgehead atoms.